The summed E-state index contributed by atoms with van der Waals surface area (Å²) < 4.78 is 0. The normalized spacial score (nSPS) is 12.0. The zero-order chi connectivity index (χ0) is 15.4. The highest BCUT2D eigenvalue weighted by Crippen LogP contribution is 2.20. The zero-order valence-corrected chi connectivity index (χ0v) is 13.4. The third-order valence-corrected chi connectivity index (χ3v) is 4.52. The number of carbonyl (C=O) groups is 1. The van der Waals surface area contributed by atoms with Gasteiger partial charge in [-0.3, -0.25) is 10.6 Å². The number of hydrogen-bond donors (Lipinski definition) is 2. The van der Waals surface area contributed by atoms with Crippen LogP contribution in [0.15, 0.2) is 35.7 Å². The number of amides is 1. The standard InChI is InChI=1S/C16H21N3OS/c1-11-6-7-14(15(9-11)18-17)16(20)19(3)12(2)10-13-5-4-8-21-13/h4-9,12,18H,10,17H2,1-3H3. The van der Waals surface area contributed by atoms with Gasteiger partial charge in [0.1, 0.15) is 0 Å². The fourth-order valence-electron chi connectivity index (χ4n) is 2.21. The van der Waals surface area contributed by atoms with Gasteiger partial charge >= 0.3 is 0 Å². The number of nitrogen functional groups attached to an aromatic ring is 1. The monoisotopic (exact) mass is 303 g/mol. The fraction of sp³-hybridized carbons (Fsp3) is 0.312. The van der Waals surface area contributed by atoms with Gasteiger partial charge in [-0.05, 0) is 43.0 Å². The van der Waals surface area contributed by atoms with E-state index >= 15 is 0 Å². The minimum atomic E-state index is -0.0213. The maximum absolute atomic E-state index is 12.6. The number of carbonyl (C=O) groups excluding carboxylic acids is 1. The molecule has 2 aromatic rings. The number of benzene rings is 1. The lowest BCUT2D eigenvalue weighted by Gasteiger charge is -2.25. The number of hydrogen-bond acceptors (Lipinski definition) is 4. The number of hydrazine groups is 1. The van der Waals surface area contributed by atoms with Crippen LogP contribution in [0.25, 0.3) is 0 Å². The number of likely N-dealkylation sites (N-methyl/N-ethyl adjacent to an activating group) is 1. The molecule has 0 saturated heterocycles. The van der Waals surface area contributed by atoms with E-state index in [0.29, 0.717) is 11.3 Å². The first-order valence-corrected chi connectivity index (χ1v) is 7.77. The molecule has 0 saturated carbocycles. The summed E-state index contributed by atoms with van der Waals surface area (Å²) in [5.41, 5.74) is 4.94. The van der Waals surface area contributed by atoms with Crippen LogP contribution in [0, 0.1) is 6.92 Å². The van der Waals surface area contributed by atoms with Crippen molar-refractivity contribution in [2.75, 3.05) is 12.5 Å². The Morgan fingerprint density at radius 1 is 1.43 bits per heavy atom. The Bertz CT molecular complexity index is 610. The molecule has 1 aromatic carbocycles. The molecule has 2 rings (SSSR count). The molecule has 4 nitrogen and oxygen atoms in total. The molecule has 0 aliphatic heterocycles. The minimum Gasteiger partial charge on any atom is -0.339 e. The molecule has 112 valence electrons. The van der Waals surface area contributed by atoms with Crippen molar-refractivity contribution in [3.05, 3.63) is 51.7 Å². The van der Waals surface area contributed by atoms with E-state index in [-0.39, 0.29) is 11.9 Å². The van der Waals surface area contributed by atoms with Crippen molar-refractivity contribution in [2.24, 2.45) is 5.84 Å². The first-order valence-electron chi connectivity index (χ1n) is 6.89. The van der Waals surface area contributed by atoms with Gasteiger partial charge in [0.2, 0.25) is 0 Å². The van der Waals surface area contributed by atoms with Gasteiger partial charge in [0, 0.05) is 24.4 Å². The van der Waals surface area contributed by atoms with Crippen molar-refractivity contribution in [3.63, 3.8) is 0 Å². The lowest BCUT2D eigenvalue weighted by atomic mass is 10.1. The average Bonchev–Trinajstić information content (AvgIpc) is 2.98. The van der Waals surface area contributed by atoms with Gasteiger partial charge < -0.3 is 10.3 Å². The molecule has 5 heteroatoms. The fourth-order valence-corrected chi connectivity index (χ4v) is 3.04. The summed E-state index contributed by atoms with van der Waals surface area (Å²) in [7, 11) is 1.83. The Hall–Kier alpha value is -1.85. The summed E-state index contributed by atoms with van der Waals surface area (Å²) in [5.74, 6) is 5.50. The van der Waals surface area contributed by atoms with E-state index < -0.39 is 0 Å². The second kappa shape index (κ2) is 6.74. The van der Waals surface area contributed by atoms with Crippen LogP contribution in [-0.2, 0) is 6.42 Å². The Kier molecular flexibility index (Phi) is 4.98. The molecule has 1 aromatic heterocycles. The van der Waals surface area contributed by atoms with Gasteiger partial charge in [0.15, 0.2) is 0 Å². The molecule has 1 amide bonds. The van der Waals surface area contributed by atoms with E-state index in [4.69, 9.17) is 5.84 Å². The van der Waals surface area contributed by atoms with Crippen LogP contribution < -0.4 is 11.3 Å². The highest BCUT2D eigenvalue weighted by molar-refractivity contribution is 7.09. The Labute approximate surface area is 129 Å². The van der Waals surface area contributed by atoms with Gasteiger partial charge in [-0.25, -0.2) is 0 Å². The largest absolute Gasteiger partial charge is 0.339 e. The molecule has 0 radical (unpaired) electrons. The molecule has 0 aliphatic rings. The summed E-state index contributed by atoms with van der Waals surface area (Å²) in [4.78, 5) is 15.7. The molecule has 1 unspecified atom stereocenters. The van der Waals surface area contributed by atoms with Crippen molar-refractivity contribution >= 4 is 22.9 Å². The van der Waals surface area contributed by atoms with Crippen molar-refractivity contribution in [1.29, 1.82) is 0 Å². The van der Waals surface area contributed by atoms with E-state index in [2.05, 4.69) is 23.8 Å². The number of aryl methyl sites for hydroxylation is 1. The molecule has 0 bridgehead atoms. The topological polar surface area (TPSA) is 58.4 Å². The van der Waals surface area contributed by atoms with E-state index in [1.807, 2.05) is 38.2 Å². The van der Waals surface area contributed by atoms with E-state index in [1.54, 1.807) is 16.2 Å². The van der Waals surface area contributed by atoms with Gasteiger partial charge in [0.05, 0.1) is 11.3 Å². The lowest BCUT2D eigenvalue weighted by Crippen LogP contribution is -2.36. The summed E-state index contributed by atoms with van der Waals surface area (Å²) >= 11 is 1.72. The number of nitrogens with one attached hydrogen (secondary N) is 1. The molecule has 0 spiro atoms. The van der Waals surface area contributed by atoms with Crippen molar-refractivity contribution in [1.82, 2.24) is 4.90 Å². The molecule has 3 N–H and O–H groups in total. The third-order valence-electron chi connectivity index (χ3n) is 3.62. The summed E-state index contributed by atoms with van der Waals surface area (Å²) in [5, 5.41) is 2.06. The molecule has 0 aliphatic carbocycles. The summed E-state index contributed by atoms with van der Waals surface area (Å²) in [6.07, 6.45) is 0.858. The first-order chi connectivity index (χ1) is 10.0. The second-order valence-electron chi connectivity index (χ2n) is 5.24. The van der Waals surface area contributed by atoms with Crippen LogP contribution in [0.4, 0.5) is 5.69 Å². The quantitative estimate of drug-likeness (QED) is 0.659. The highest BCUT2D eigenvalue weighted by Gasteiger charge is 2.20. The molecular formula is C16H21N3OS. The smallest absolute Gasteiger partial charge is 0.255 e. The van der Waals surface area contributed by atoms with Crippen LogP contribution in [-0.4, -0.2) is 23.9 Å². The lowest BCUT2D eigenvalue weighted by molar-refractivity contribution is 0.0745. The molecule has 1 heterocycles. The molecule has 21 heavy (non-hydrogen) atoms. The average molecular weight is 303 g/mol. The SMILES string of the molecule is Cc1ccc(C(=O)N(C)C(C)Cc2cccs2)c(NN)c1. The zero-order valence-electron chi connectivity index (χ0n) is 12.6. The van der Waals surface area contributed by atoms with Crippen LogP contribution in [0.2, 0.25) is 0 Å². The van der Waals surface area contributed by atoms with Gasteiger partial charge in [-0.2, -0.15) is 0 Å². The third kappa shape index (κ3) is 3.62. The minimum absolute atomic E-state index is 0.0213. The number of rotatable bonds is 5. The second-order valence-corrected chi connectivity index (χ2v) is 6.27. The molecule has 0 fully saturated rings. The predicted octanol–water partition coefficient (Wildman–Crippen LogP) is 3.05. The summed E-state index contributed by atoms with van der Waals surface area (Å²) in [6.45, 7) is 4.03. The van der Waals surface area contributed by atoms with Crippen LogP contribution in [0.1, 0.15) is 27.7 Å². The van der Waals surface area contributed by atoms with Gasteiger partial charge in [0.25, 0.3) is 5.91 Å². The van der Waals surface area contributed by atoms with Crippen LogP contribution >= 0.6 is 11.3 Å². The van der Waals surface area contributed by atoms with E-state index in [1.165, 1.54) is 4.88 Å². The van der Waals surface area contributed by atoms with Crippen molar-refractivity contribution in [3.8, 4) is 0 Å². The predicted molar refractivity (Wildman–Crippen MR) is 88.6 cm³/mol. The highest BCUT2D eigenvalue weighted by atomic mass is 32.1. The Morgan fingerprint density at radius 2 is 2.19 bits per heavy atom. The van der Waals surface area contributed by atoms with Crippen molar-refractivity contribution in [2.45, 2.75) is 26.3 Å². The number of nitrogens with zero attached hydrogens (tertiary/aromatic N) is 1. The van der Waals surface area contributed by atoms with E-state index in [9.17, 15) is 4.79 Å². The maximum Gasteiger partial charge on any atom is 0.255 e. The molecular weight excluding hydrogens is 282 g/mol. The van der Waals surface area contributed by atoms with E-state index in [0.717, 1.165) is 12.0 Å². The summed E-state index contributed by atoms with van der Waals surface area (Å²) in [6, 6.07) is 9.88. The van der Waals surface area contributed by atoms with Crippen LogP contribution in [0.5, 0.6) is 0 Å². The maximum atomic E-state index is 12.6. The number of thiophene rings is 1. The first kappa shape index (κ1) is 15.5. The van der Waals surface area contributed by atoms with Crippen LogP contribution in [0.3, 0.4) is 0 Å². The number of anilines is 1. The Morgan fingerprint density at radius 3 is 2.81 bits per heavy atom. The van der Waals surface area contributed by atoms with Gasteiger partial charge in [-0.1, -0.05) is 12.1 Å². The van der Waals surface area contributed by atoms with Gasteiger partial charge in [-0.15, -0.1) is 11.3 Å². The Balaban J connectivity index is 2.15. The number of nitrogens with two attached hydrogens (primary N) is 1. The molecule has 1 atom stereocenters. The van der Waals surface area contributed by atoms with Crippen molar-refractivity contribution < 1.29 is 4.79 Å².